The van der Waals surface area contributed by atoms with Crippen LogP contribution >= 0.6 is 11.8 Å². The fourth-order valence-corrected chi connectivity index (χ4v) is 4.62. The van der Waals surface area contributed by atoms with Crippen molar-refractivity contribution in [2.24, 2.45) is 0 Å². The van der Waals surface area contributed by atoms with E-state index in [4.69, 9.17) is 0 Å². The van der Waals surface area contributed by atoms with Gasteiger partial charge in [-0.2, -0.15) is 16.9 Å². The quantitative estimate of drug-likeness (QED) is 0.890. The van der Waals surface area contributed by atoms with Gasteiger partial charge in [-0.1, -0.05) is 6.92 Å². The van der Waals surface area contributed by atoms with Crippen molar-refractivity contribution < 1.29 is 4.79 Å². The van der Waals surface area contributed by atoms with Gasteiger partial charge in [0.25, 0.3) is 0 Å². The highest BCUT2D eigenvalue weighted by atomic mass is 32.2. The van der Waals surface area contributed by atoms with E-state index in [1.54, 1.807) is 0 Å². The summed E-state index contributed by atoms with van der Waals surface area (Å²) in [7, 11) is 0. The van der Waals surface area contributed by atoms with Crippen molar-refractivity contribution in [3.05, 3.63) is 11.8 Å². The molecule has 3 rings (SSSR count). The van der Waals surface area contributed by atoms with Gasteiger partial charge in [-0.05, 0) is 33.1 Å². The monoisotopic (exact) mass is 365 g/mol. The van der Waals surface area contributed by atoms with E-state index in [9.17, 15) is 4.79 Å². The summed E-state index contributed by atoms with van der Waals surface area (Å²) >= 11 is 2.05. The molecule has 2 amide bonds. The van der Waals surface area contributed by atoms with Crippen LogP contribution in [0.25, 0.3) is 0 Å². The second-order valence-electron chi connectivity index (χ2n) is 7.17. The number of nitrogens with one attached hydrogen (secondary N) is 1. The van der Waals surface area contributed by atoms with Gasteiger partial charge in [0.05, 0.1) is 11.7 Å². The molecule has 0 saturated carbocycles. The predicted octanol–water partition coefficient (Wildman–Crippen LogP) is 3.21. The fourth-order valence-electron chi connectivity index (χ4n) is 3.68. The van der Waals surface area contributed by atoms with E-state index >= 15 is 0 Å². The lowest BCUT2D eigenvalue weighted by Crippen LogP contribution is -2.49. The van der Waals surface area contributed by atoms with Gasteiger partial charge in [0.1, 0.15) is 5.82 Å². The van der Waals surface area contributed by atoms with Crippen molar-refractivity contribution in [2.75, 3.05) is 43.0 Å². The maximum Gasteiger partial charge on any atom is 0.323 e. The second-order valence-corrected chi connectivity index (χ2v) is 8.39. The van der Waals surface area contributed by atoms with Crippen molar-refractivity contribution >= 4 is 23.6 Å². The lowest BCUT2D eigenvalue weighted by Gasteiger charge is -2.40. The first kappa shape index (κ1) is 18.6. The average molecular weight is 366 g/mol. The summed E-state index contributed by atoms with van der Waals surface area (Å²) in [6, 6.07) is 2.91. The molecule has 1 aromatic rings. The summed E-state index contributed by atoms with van der Waals surface area (Å²) in [6.07, 6.45) is 3.16. The van der Waals surface area contributed by atoms with Crippen LogP contribution in [0.5, 0.6) is 0 Å². The minimum absolute atomic E-state index is 0.0112. The van der Waals surface area contributed by atoms with Crippen molar-refractivity contribution in [1.29, 1.82) is 0 Å². The Morgan fingerprint density at radius 1 is 1.32 bits per heavy atom. The number of rotatable bonds is 4. The summed E-state index contributed by atoms with van der Waals surface area (Å²) in [5.74, 6) is 3.31. The Balaban J connectivity index is 1.54. The van der Waals surface area contributed by atoms with Crippen LogP contribution in [-0.2, 0) is 0 Å². The Hall–Kier alpha value is -1.21. The van der Waals surface area contributed by atoms with Crippen LogP contribution in [0.1, 0.15) is 44.8 Å². The standard InChI is InChI=1S/C18H31N5OS/c1-4-15(3)23-17(13-14(2)20-23)19-18(24)22-7-5-16(6-8-22)21-9-11-25-12-10-21/h13,15-16H,4-12H2,1-3H3,(H,19,24)/t15-/m0/s1. The lowest BCUT2D eigenvalue weighted by molar-refractivity contribution is 0.129. The maximum absolute atomic E-state index is 12.7. The zero-order chi connectivity index (χ0) is 17.8. The van der Waals surface area contributed by atoms with Crippen LogP contribution in [0.15, 0.2) is 6.07 Å². The fraction of sp³-hybridized carbons (Fsp3) is 0.778. The number of thioether (sulfide) groups is 1. The third kappa shape index (κ3) is 4.50. The molecule has 1 N–H and O–H groups in total. The molecule has 2 saturated heterocycles. The average Bonchev–Trinajstić information content (AvgIpc) is 3.02. The summed E-state index contributed by atoms with van der Waals surface area (Å²) in [4.78, 5) is 17.3. The topological polar surface area (TPSA) is 53.4 Å². The number of urea groups is 1. The number of aromatic nitrogens is 2. The number of carbonyl (C=O) groups is 1. The molecule has 3 heterocycles. The zero-order valence-electron chi connectivity index (χ0n) is 15.7. The zero-order valence-corrected chi connectivity index (χ0v) is 16.5. The van der Waals surface area contributed by atoms with E-state index in [0.717, 1.165) is 43.9 Å². The minimum Gasteiger partial charge on any atom is -0.324 e. The summed E-state index contributed by atoms with van der Waals surface area (Å²) in [6.45, 7) is 10.3. The van der Waals surface area contributed by atoms with Gasteiger partial charge >= 0.3 is 6.03 Å². The maximum atomic E-state index is 12.7. The van der Waals surface area contributed by atoms with Gasteiger partial charge in [0.2, 0.25) is 0 Å². The van der Waals surface area contributed by atoms with E-state index in [1.165, 1.54) is 24.6 Å². The third-order valence-electron chi connectivity index (χ3n) is 5.41. The Labute approximate surface area is 155 Å². The Morgan fingerprint density at radius 2 is 2.00 bits per heavy atom. The first-order valence-electron chi connectivity index (χ1n) is 9.52. The Kier molecular flexibility index (Phi) is 6.28. The number of amides is 2. The van der Waals surface area contributed by atoms with Crippen LogP contribution in [0, 0.1) is 6.92 Å². The normalized spacial score (nSPS) is 21.3. The first-order chi connectivity index (χ1) is 12.1. The van der Waals surface area contributed by atoms with Crippen molar-refractivity contribution in [2.45, 2.75) is 52.1 Å². The van der Waals surface area contributed by atoms with Crippen molar-refractivity contribution in [3.63, 3.8) is 0 Å². The van der Waals surface area contributed by atoms with Crippen LogP contribution in [0.2, 0.25) is 0 Å². The van der Waals surface area contributed by atoms with Gasteiger partial charge < -0.3 is 4.90 Å². The van der Waals surface area contributed by atoms with Crippen LogP contribution in [0.4, 0.5) is 10.6 Å². The van der Waals surface area contributed by atoms with E-state index < -0.39 is 0 Å². The largest absolute Gasteiger partial charge is 0.324 e. The minimum atomic E-state index is 0.0112. The number of hydrogen-bond acceptors (Lipinski definition) is 4. The predicted molar refractivity (Wildman–Crippen MR) is 104 cm³/mol. The smallest absolute Gasteiger partial charge is 0.323 e. The number of piperidine rings is 1. The molecule has 1 atom stereocenters. The van der Waals surface area contributed by atoms with Gasteiger partial charge in [0.15, 0.2) is 0 Å². The molecule has 25 heavy (non-hydrogen) atoms. The van der Waals surface area contributed by atoms with E-state index in [2.05, 4.69) is 40.9 Å². The number of carbonyl (C=O) groups excluding carboxylic acids is 1. The van der Waals surface area contributed by atoms with E-state index in [0.29, 0.717) is 6.04 Å². The van der Waals surface area contributed by atoms with E-state index in [1.807, 2.05) is 22.6 Å². The van der Waals surface area contributed by atoms with Gasteiger partial charge in [-0.15, -0.1) is 0 Å². The third-order valence-corrected chi connectivity index (χ3v) is 6.36. The molecule has 6 nitrogen and oxygen atoms in total. The second kappa shape index (κ2) is 8.45. The number of likely N-dealkylation sites (tertiary alicyclic amines) is 1. The molecule has 0 spiro atoms. The van der Waals surface area contributed by atoms with Crippen LogP contribution in [0.3, 0.4) is 0 Å². The Bertz CT molecular complexity index is 576. The molecule has 2 aliphatic rings. The summed E-state index contributed by atoms with van der Waals surface area (Å²) in [5.41, 5.74) is 0.942. The molecular formula is C18H31N5OS. The molecule has 0 bridgehead atoms. The van der Waals surface area contributed by atoms with Gasteiger partial charge in [-0.25, -0.2) is 9.48 Å². The number of hydrogen-bond donors (Lipinski definition) is 1. The lowest BCUT2D eigenvalue weighted by atomic mass is 10.0. The van der Waals surface area contributed by atoms with Gasteiger partial charge in [-0.3, -0.25) is 10.2 Å². The van der Waals surface area contributed by atoms with Crippen LogP contribution < -0.4 is 5.32 Å². The molecule has 2 fully saturated rings. The molecule has 0 radical (unpaired) electrons. The molecule has 1 aromatic heterocycles. The number of nitrogens with zero attached hydrogens (tertiary/aromatic N) is 4. The molecule has 0 unspecified atom stereocenters. The highest BCUT2D eigenvalue weighted by Gasteiger charge is 2.28. The molecule has 7 heteroatoms. The highest BCUT2D eigenvalue weighted by molar-refractivity contribution is 7.99. The number of aryl methyl sites for hydroxylation is 1. The van der Waals surface area contributed by atoms with E-state index in [-0.39, 0.29) is 12.1 Å². The molecule has 2 aliphatic heterocycles. The summed E-state index contributed by atoms with van der Waals surface area (Å²) < 4.78 is 1.94. The highest BCUT2D eigenvalue weighted by Crippen LogP contribution is 2.22. The van der Waals surface area contributed by atoms with Gasteiger partial charge in [0, 0.05) is 49.8 Å². The summed E-state index contributed by atoms with van der Waals surface area (Å²) in [5, 5.41) is 7.61. The molecule has 0 aliphatic carbocycles. The van der Waals surface area contributed by atoms with Crippen LogP contribution in [-0.4, -0.2) is 69.3 Å². The Morgan fingerprint density at radius 3 is 2.64 bits per heavy atom. The molecule has 140 valence electrons. The van der Waals surface area contributed by atoms with Crippen molar-refractivity contribution in [1.82, 2.24) is 19.6 Å². The molecular weight excluding hydrogens is 334 g/mol. The van der Waals surface area contributed by atoms with Crippen molar-refractivity contribution in [3.8, 4) is 0 Å². The SMILES string of the molecule is CC[C@H](C)n1nc(C)cc1NC(=O)N1CCC(N2CCSCC2)CC1. The first-order valence-corrected chi connectivity index (χ1v) is 10.7. The number of anilines is 1. The molecule has 0 aromatic carbocycles.